The minimum Gasteiger partial charge on any atom is -0.481 e. The fourth-order valence-corrected chi connectivity index (χ4v) is 2.55. The van der Waals surface area contributed by atoms with Crippen molar-refractivity contribution < 1.29 is 19.8 Å². The zero-order valence-corrected chi connectivity index (χ0v) is 12.3. The summed E-state index contributed by atoms with van der Waals surface area (Å²) in [6.07, 6.45) is 3.63. The first-order valence-corrected chi connectivity index (χ1v) is 7.45. The van der Waals surface area contributed by atoms with Crippen molar-refractivity contribution in [2.75, 3.05) is 32.8 Å². The number of aliphatic hydroxyl groups is 1. The van der Waals surface area contributed by atoms with E-state index >= 15 is 0 Å². The average molecular weight is 286 g/mol. The van der Waals surface area contributed by atoms with Gasteiger partial charge in [0.25, 0.3) is 0 Å². The first-order valence-electron chi connectivity index (χ1n) is 7.45. The van der Waals surface area contributed by atoms with Crippen molar-refractivity contribution in [2.24, 2.45) is 5.92 Å². The van der Waals surface area contributed by atoms with Gasteiger partial charge in [-0.2, -0.15) is 0 Å². The number of hydrogen-bond donors (Lipinski definition) is 2. The van der Waals surface area contributed by atoms with E-state index in [-0.39, 0.29) is 25.0 Å². The van der Waals surface area contributed by atoms with Gasteiger partial charge >= 0.3 is 12.0 Å². The largest absolute Gasteiger partial charge is 0.481 e. The maximum Gasteiger partial charge on any atom is 0.320 e. The van der Waals surface area contributed by atoms with Gasteiger partial charge in [-0.05, 0) is 25.2 Å². The number of amides is 2. The van der Waals surface area contributed by atoms with Gasteiger partial charge in [-0.3, -0.25) is 4.79 Å². The lowest BCUT2D eigenvalue weighted by molar-refractivity contribution is -0.138. The monoisotopic (exact) mass is 286 g/mol. The van der Waals surface area contributed by atoms with Crippen LogP contribution in [0.2, 0.25) is 0 Å². The highest BCUT2D eigenvalue weighted by Crippen LogP contribution is 2.21. The van der Waals surface area contributed by atoms with Crippen molar-refractivity contribution in [3.05, 3.63) is 0 Å². The highest BCUT2D eigenvalue weighted by Gasteiger charge is 2.26. The fraction of sp³-hybridized carbons (Fsp3) is 0.857. The Balaban J connectivity index is 2.44. The van der Waals surface area contributed by atoms with E-state index in [0.29, 0.717) is 26.2 Å². The average Bonchev–Trinajstić information content (AvgIpc) is 2.43. The second-order valence-electron chi connectivity index (χ2n) is 5.38. The Labute approximate surface area is 120 Å². The number of carbonyl (C=O) groups excluding carboxylic acids is 1. The van der Waals surface area contributed by atoms with Crippen molar-refractivity contribution >= 4 is 12.0 Å². The fourth-order valence-electron chi connectivity index (χ4n) is 2.55. The highest BCUT2D eigenvalue weighted by atomic mass is 16.4. The summed E-state index contributed by atoms with van der Waals surface area (Å²) in [5, 5.41) is 17.8. The number of nitrogens with zero attached hydrogens (tertiary/aromatic N) is 2. The number of unbranched alkanes of at least 4 members (excludes halogenated alkanes) is 1. The van der Waals surface area contributed by atoms with Crippen LogP contribution in [0.4, 0.5) is 4.79 Å². The summed E-state index contributed by atoms with van der Waals surface area (Å²) < 4.78 is 0. The predicted octanol–water partition coefficient (Wildman–Crippen LogP) is 1.39. The van der Waals surface area contributed by atoms with Gasteiger partial charge in [0.2, 0.25) is 0 Å². The lowest BCUT2D eigenvalue weighted by Gasteiger charge is -2.35. The number of aliphatic carboxylic acids is 1. The van der Waals surface area contributed by atoms with Gasteiger partial charge in [0.1, 0.15) is 0 Å². The van der Waals surface area contributed by atoms with Crippen LogP contribution in [0.5, 0.6) is 0 Å². The molecule has 2 N–H and O–H groups in total. The summed E-state index contributed by atoms with van der Waals surface area (Å²) in [7, 11) is 0. The molecule has 6 nitrogen and oxygen atoms in total. The number of carbonyl (C=O) groups is 2. The molecule has 1 fully saturated rings. The molecule has 0 atom stereocenters. The summed E-state index contributed by atoms with van der Waals surface area (Å²) in [6.45, 7) is 4.32. The summed E-state index contributed by atoms with van der Waals surface area (Å²) in [4.78, 5) is 26.5. The molecule has 0 spiro atoms. The third-order valence-corrected chi connectivity index (χ3v) is 3.77. The molecular formula is C14H26N2O4. The molecule has 1 aliphatic rings. The van der Waals surface area contributed by atoms with Crippen LogP contribution in [0.15, 0.2) is 0 Å². The molecule has 116 valence electrons. The SMILES string of the molecule is CCCCN(CCO)C(=O)N1CCC(CC(=O)O)CC1. The molecule has 1 saturated heterocycles. The molecule has 0 aromatic carbocycles. The second-order valence-corrected chi connectivity index (χ2v) is 5.38. The van der Waals surface area contributed by atoms with E-state index in [1.807, 2.05) is 0 Å². The van der Waals surface area contributed by atoms with E-state index in [9.17, 15) is 9.59 Å². The lowest BCUT2D eigenvalue weighted by atomic mass is 9.94. The van der Waals surface area contributed by atoms with Gasteiger partial charge in [0.05, 0.1) is 6.61 Å². The third-order valence-electron chi connectivity index (χ3n) is 3.77. The number of carboxylic acid groups (broad SMARTS) is 1. The van der Waals surface area contributed by atoms with E-state index in [0.717, 1.165) is 25.7 Å². The number of hydrogen-bond acceptors (Lipinski definition) is 3. The molecule has 0 saturated carbocycles. The van der Waals surface area contributed by atoms with Crippen LogP contribution in [0, 0.1) is 5.92 Å². The van der Waals surface area contributed by atoms with Crippen molar-refractivity contribution in [3.8, 4) is 0 Å². The smallest absolute Gasteiger partial charge is 0.320 e. The van der Waals surface area contributed by atoms with Gasteiger partial charge in [-0.25, -0.2) is 4.79 Å². The molecule has 0 unspecified atom stereocenters. The summed E-state index contributed by atoms with van der Waals surface area (Å²) in [6, 6.07) is -0.0266. The molecule has 2 amide bonds. The Morgan fingerprint density at radius 1 is 1.25 bits per heavy atom. The first kappa shape index (κ1) is 16.8. The van der Waals surface area contributed by atoms with Crippen LogP contribution >= 0.6 is 0 Å². The summed E-state index contributed by atoms with van der Waals surface area (Å²) >= 11 is 0. The van der Waals surface area contributed by atoms with Crippen LogP contribution in [-0.4, -0.2) is 64.8 Å². The van der Waals surface area contributed by atoms with E-state index < -0.39 is 5.97 Å². The molecule has 0 aromatic heterocycles. The lowest BCUT2D eigenvalue weighted by Crippen LogP contribution is -2.48. The van der Waals surface area contributed by atoms with Crippen LogP contribution < -0.4 is 0 Å². The maximum atomic E-state index is 12.3. The Kier molecular flexibility index (Phi) is 7.36. The van der Waals surface area contributed by atoms with Gasteiger partial charge in [-0.15, -0.1) is 0 Å². The minimum absolute atomic E-state index is 0.0229. The first-order chi connectivity index (χ1) is 9.58. The van der Waals surface area contributed by atoms with E-state index in [2.05, 4.69) is 6.92 Å². The van der Waals surface area contributed by atoms with Gasteiger partial charge in [0, 0.05) is 32.6 Å². The topological polar surface area (TPSA) is 81.1 Å². The molecule has 0 aromatic rings. The van der Waals surface area contributed by atoms with Crippen molar-refractivity contribution in [2.45, 2.75) is 39.0 Å². The van der Waals surface area contributed by atoms with Gasteiger partial charge in [0.15, 0.2) is 0 Å². The van der Waals surface area contributed by atoms with Crippen molar-refractivity contribution in [1.29, 1.82) is 0 Å². The molecule has 20 heavy (non-hydrogen) atoms. The summed E-state index contributed by atoms with van der Waals surface area (Å²) in [5.41, 5.74) is 0. The summed E-state index contributed by atoms with van der Waals surface area (Å²) in [5.74, 6) is -0.585. The predicted molar refractivity (Wildman–Crippen MR) is 75.5 cm³/mol. The number of carboxylic acids is 1. The van der Waals surface area contributed by atoms with Crippen LogP contribution in [0.3, 0.4) is 0 Å². The maximum absolute atomic E-state index is 12.3. The van der Waals surface area contributed by atoms with Gasteiger partial charge in [-0.1, -0.05) is 13.3 Å². The molecule has 0 bridgehead atoms. The molecule has 0 radical (unpaired) electrons. The molecule has 1 aliphatic heterocycles. The molecular weight excluding hydrogens is 260 g/mol. The van der Waals surface area contributed by atoms with Crippen molar-refractivity contribution in [1.82, 2.24) is 9.80 Å². The van der Waals surface area contributed by atoms with E-state index in [4.69, 9.17) is 10.2 Å². The number of rotatable bonds is 7. The van der Waals surface area contributed by atoms with Gasteiger partial charge < -0.3 is 20.0 Å². The van der Waals surface area contributed by atoms with Crippen molar-refractivity contribution in [3.63, 3.8) is 0 Å². The molecule has 1 rings (SSSR count). The number of piperidine rings is 1. The van der Waals surface area contributed by atoms with Crippen LogP contribution in [0.1, 0.15) is 39.0 Å². The minimum atomic E-state index is -0.764. The Hall–Kier alpha value is -1.30. The van der Waals surface area contributed by atoms with Crippen LogP contribution in [0.25, 0.3) is 0 Å². The molecule has 6 heteroatoms. The molecule has 1 heterocycles. The number of aliphatic hydroxyl groups excluding tert-OH is 1. The number of urea groups is 1. The quantitative estimate of drug-likeness (QED) is 0.741. The normalized spacial score (nSPS) is 16.2. The molecule has 0 aliphatic carbocycles. The standard InChI is InChI=1S/C14H26N2O4/c1-2-3-6-15(9-10-17)14(20)16-7-4-12(5-8-16)11-13(18)19/h12,17H,2-11H2,1H3,(H,18,19). The Morgan fingerprint density at radius 2 is 1.90 bits per heavy atom. The van der Waals surface area contributed by atoms with E-state index in [1.54, 1.807) is 9.80 Å². The Morgan fingerprint density at radius 3 is 2.40 bits per heavy atom. The number of likely N-dealkylation sites (tertiary alicyclic amines) is 1. The highest BCUT2D eigenvalue weighted by molar-refractivity contribution is 5.74. The second kappa shape index (κ2) is 8.79. The Bertz CT molecular complexity index is 314. The zero-order chi connectivity index (χ0) is 15.0. The third kappa shape index (κ3) is 5.36. The van der Waals surface area contributed by atoms with E-state index in [1.165, 1.54) is 0 Å². The van der Waals surface area contributed by atoms with Crippen LogP contribution in [-0.2, 0) is 4.79 Å². The zero-order valence-electron chi connectivity index (χ0n) is 12.3.